The van der Waals surface area contributed by atoms with Crippen LogP contribution in [0, 0.1) is 0 Å². The van der Waals surface area contributed by atoms with Crippen LogP contribution in [0.15, 0.2) is 29.3 Å². The van der Waals surface area contributed by atoms with Crippen LogP contribution in [-0.2, 0) is 16.1 Å². The molecular formula is C21H27N5O4S. The van der Waals surface area contributed by atoms with Crippen molar-refractivity contribution in [2.75, 3.05) is 24.8 Å². The maximum absolute atomic E-state index is 12.6. The smallest absolute Gasteiger partial charge is 0.315 e. The first-order valence-corrected chi connectivity index (χ1v) is 11.6. The molecule has 0 radical (unpaired) electrons. The highest BCUT2D eigenvalue weighted by atomic mass is 32.2. The number of methoxy groups -OCH3 is 1. The molecular weight excluding hydrogens is 418 g/mol. The van der Waals surface area contributed by atoms with Crippen LogP contribution in [-0.4, -0.2) is 58.3 Å². The summed E-state index contributed by atoms with van der Waals surface area (Å²) in [5, 5.41) is 9.69. The largest absolute Gasteiger partial charge is 0.383 e. The third kappa shape index (κ3) is 5.01. The zero-order valence-corrected chi connectivity index (χ0v) is 18.2. The molecule has 2 saturated heterocycles. The number of aromatic nitrogens is 2. The van der Waals surface area contributed by atoms with Gasteiger partial charge in [0.15, 0.2) is 0 Å². The van der Waals surface area contributed by atoms with E-state index in [4.69, 9.17) is 4.74 Å². The number of hydrogen-bond acceptors (Lipinski definition) is 6. The number of nitrogens with zero attached hydrogens (tertiary/aromatic N) is 2. The fourth-order valence-electron chi connectivity index (χ4n) is 4.08. The van der Waals surface area contributed by atoms with E-state index in [0.29, 0.717) is 41.4 Å². The molecule has 0 saturated carbocycles. The summed E-state index contributed by atoms with van der Waals surface area (Å²) in [5.41, 5.74) is 1.03. The number of urea groups is 1. The highest BCUT2D eigenvalue weighted by Crippen LogP contribution is 2.33. The first kappa shape index (κ1) is 21.6. The number of thioether (sulfide) groups is 1. The molecule has 2 aliphatic rings. The lowest BCUT2D eigenvalue weighted by Crippen LogP contribution is -2.36. The number of ether oxygens (including phenoxy) is 1. The van der Waals surface area contributed by atoms with E-state index in [1.807, 2.05) is 11.8 Å². The minimum atomic E-state index is -0.154. The van der Waals surface area contributed by atoms with Crippen LogP contribution in [0.1, 0.15) is 25.7 Å². The van der Waals surface area contributed by atoms with E-state index in [2.05, 4.69) is 20.9 Å². The Hall–Kier alpha value is -2.59. The van der Waals surface area contributed by atoms with Crippen molar-refractivity contribution in [1.82, 2.24) is 20.2 Å². The van der Waals surface area contributed by atoms with Gasteiger partial charge in [-0.1, -0.05) is 6.42 Å². The molecule has 3 heterocycles. The van der Waals surface area contributed by atoms with Crippen LogP contribution < -0.4 is 21.5 Å². The van der Waals surface area contributed by atoms with E-state index < -0.39 is 0 Å². The van der Waals surface area contributed by atoms with Crippen molar-refractivity contribution in [3.63, 3.8) is 0 Å². The second-order valence-corrected chi connectivity index (χ2v) is 9.16. The van der Waals surface area contributed by atoms with Crippen molar-refractivity contribution >= 4 is 40.3 Å². The zero-order valence-electron chi connectivity index (χ0n) is 17.4. The fourth-order valence-corrected chi connectivity index (χ4v) is 5.63. The van der Waals surface area contributed by atoms with Crippen LogP contribution in [0.2, 0.25) is 0 Å². The number of carbonyl (C=O) groups is 2. The highest BCUT2D eigenvalue weighted by molar-refractivity contribution is 8.00. The van der Waals surface area contributed by atoms with Crippen molar-refractivity contribution in [3.05, 3.63) is 34.9 Å². The Kier molecular flexibility index (Phi) is 6.77. The van der Waals surface area contributed by atoms with Crippen LogP contribution >= 0.6 is 11.8 Å². The van der Waals surface area contributed by atoms with Crippen LogP contribution in [0.5, 0.6) is 0 Å². The number of benzene rings is 1. The van der Waals surface area contributed by atoms with E-state index in [9.17, 15) is 14.4 Å². The van der Waals surface area contributed by atoms with Gasteiger partial charge in [-0.2, -0.15) is 11.8 Å². The Bertz CT molecular complexity index is 1030. The van der Waals surface area contributed by atoms with Gasteiger partial charge in [-0.3, -0.25) is 14.2 Å². The number of rotatable bonds is 9. The lowest BCUT2D eigenvalue weighted by molar-refractivity contribution is -0.116. The average molecular weight is 446 g/mol. The standard InChI is InChI=1S/C21H27N5O4S/c1-30-9-8-26-12-22-15-7-6-13(10-14(15)20(26)28)23-18(27)5-3-2-4-17-19-16(11-31-17)24-21(29)25-19/h6-7,10,12,16-17,19H,2-5,8-9,11H2,1H3,(H,23,27)(H2,24,25,29)/t16-,17-,19?/m0/s1. The van der Waals surface area contributed by atoms with Crippen LogP contribution in [0.4, 0.5) is 10.5 Å². The predicted molar refractivity (Wildman–Crippen MR) is 120 cm³/mol. The van der Waals surface area contributed by atoms with Gasteiger partial charge in [0, 0.05) is 30.2 Å². The summed E-state index contributed by atoms with van der Waals surface area (Å²) < 4.78 is 6.53. The molecule has 9 nitrogen and oxygen atoms in total. The first-order valence-electron chi connectivity index (χ1n) is 10.5. The maximum atomic E-state index is 12.6. The number of anilines is 1. The summed E-state index contributed by atoms with van der Waals surface area (Å²) in [6.07, 6.45) is 4.61. The van der Waals surface area contributed by atoms with Gasteiger partial charge in [-0.05, 0) is 31.0 Å². The first-order chi connectivity index (χ1) is 15.0. The van der Waals surface area contributed by atoms with E-state index in [1.165, 1.54) is 10.9 Å². The van der Waals surface area contributed by atoms with Crippen LogP contribution in [0.25, 0.3) is 10.9 Å². The van der Waals surface area contributed by atoms with E-state index in [-0.39, 0.29) is 29.6 Å². The molecule has 0 aliphatic carbocycles. The Morgan fingerprint density at radius 3 is 3.03 bits per heavy atom. The second-order valence-electron chi connectivity index (χ2n) is 7.88. The Morgan fingerprint density at radius 2 is 2.19 bits per heavy atom. The number of carbonyl (C=O) groups excluding carboxylic acids is 2. The van der Waals surface area contributed by atoms with E-state index in [1.54, 1.807) is 25.3 Å². The molecule has 10 heteroatoms. The van der Waals surface area contributed by atoms with Crippen molar-refractivity contribution in [2.24, 2.45) is 0 Å². The molecule has 166 valence electrons. The second kappa shape index (κ2) is 9.69. The molecule has 0 bridgehead atoms. The monoisotopic (exact) mass is 445 g/mol. The van der Waals surface area contributed by atoms with Gasteiger partial charge in [0.1, 0.15) is 0 Å². The predicted octanol–water partition coefficient (Wildman–Crippen LogP) is 1.71. The topological polar surface area (TPSA) is 114 Å². The van der Waals surface area contributed by atoms with Gasteiger partial charge in [-0.15, -0.1) is 0 Å². The van der Waals surface area contributed by atoms with Gasteiger partial charge in [0.2, 0.25) is 5.91 Å². The molecule has 3 N–H and O–H groups in total. The molecule has 3 atom stereocenters. The maximum Gasteiger partial charge on any atom is 0.315 e. The summed E-state index contributed by atoms with van der Waals surface area (Å²) >= 11 is 1.88. The summed E-state index contributed by atoms with van der Waals surface area (Å²) in [4.78, 5) is 40.7. The molecule has 0 spiro atoms. The lowest BCUT2D eigenvalue weighted by atomic mass is 10.0. The normalized spacial score (nSPS) is 22.2. The van der Waals surface area contributed by atoms with Gasteiger partial charge < -0.3 is 20.7 Å². The Balaban J connectivity index is 1.27. The van der Waals surface area contributed by atoms with Crippen LogP contribution in [0.3, 0.4) is 0 Å². The molecule has 4 rings (SSSR count). The summed E-state index contributed by atoms with van der Waals surface area (Å²) in [6.45, 7) is 0.850. The molecule has 2 fully saturated rings. The summed E-state index contributed by atoms with van der Waals surface area (Å²) in [7, 11) is 1.58. The van der Waals surface area contributed by atoms with Gasteiger partial charge >= 0.3 is 6.03 Å². The van der Waals surface area contributed by atoms with Crippen molar-refractivity contribution in [1.29, 1.82) is 0 Å². The number of amides is 3. The van der Waals surface area contributed by atoms with E-state index >= 15 is 0 Å². The Morgan fingerprint density at radius 1 is 1.32 bits per heavy atom. The van der Waals surface area contributed by atoms with Crippen molar-refractivity contribution in [3.8, 4) is 0 Å². The number of nitrogens with one attached hydrogen (secondary N) is 3. The third-order valence-electron chi connectivity index (χ3n) is 5.72. The number of hydrogen-bond donors (Lipinski definition) is 3. The molecule has 1 unspecified atom stereocenters. The minimum absolute atomic E-state index is 0.0734. The number of fused-ring (bicyclic) bond motifs is 2. The fraction of sp³-hybridized carbons (Fsp3) is 0.524. The van der Waals surface area contributed by atoms with Crippen molar-refractivity contribution < 1.29 is 14.3 Å². The van der Waals surface area contributed by atoms with Gasteiger partial charge in [-0.25, -0.2) is 9.78 Å². The Labute approximate surface area is 184 Å². The summed E-state index contributed by atoms with van der Waals surface area (Å²) in [5.74, 6) is 0.870. The molecule has 1 aromatic heterocycles. The van der Waals surface area contributed by atoms with Gasteiger partial charge in [0.05, 0.1) is 42.5 Å². The zero-order chi connectivity index (χ0) is 21.8. The van der Waals surface area contributed by atoms with E-state index in [0.717, 1.165) is 25.0 Å². The average Bonchev–Trinajstić information content (AvgIpc) is 3.30. The third-order valence-corrected chi connectivity index (χ3v) is 7.23. The van der Waals surface area contributed by atoms with Crippen molar-refractivity contribution in [2.45, 2.75) is 49.6 Å². The highest BCUT2D eigenvalue weighted by Gasteiger charge is 2.42. The quantitative estimate of drug-likeness (QED) is 0.400. The SMILES string of the molecule is COCCn1cnc2ccc(NC(=O)CCCC[C@@H]3SC[C@@H]4NC(=O)NC43)cc2c1=O. The lowest BCUT2D eigenvalue weighted by Gasteiger charge is -2.16. The number of unbranched alkanes of at least 4 members (excludes halogenated alkanes) is 1. The summed E-state index contributed by atoms with van der Waals surface area (Å²) in [6, 6.07) is 5.53. The molecule has 31 heavy (non-hydrogen) atoms. The minimum Gasteiger partial charge on any atom is -0.383 e. The molecule has 2 aliphatic heterocycles. The van der Waals surface area contributed by atoms with Gasteiger partial charge in [0.25, 0.3) is 5.56 Å². The molecule has 1 aromatic carbocycles. The molecule has 3 amide bonds. The molecule has 2 aromatic rings.